The molecule has 1 aromatic heterocycles. The van der Waals surface area contributed by atoms with Gasteiger partial charge in [0, 0.05) is 38.1 Å². The lowest BCUT2D eigenvalue weighted by molar-refractivity contribution is -0.188. The van der Waals surface area contributed by atoms with Gasteiger partial charge in [0.1, 0.15) is 5.82 Å². The summed E-state index contributed by atoms with van der Waals surface area (Å²) in [6.45, 7) is 6.16. The summed E-state index contributed by atoms with van der Waals surface area (Å²) in [6, 6.07) is 10.7. The molecule has 2 N–H and O–H groups in total. The molecule has 0 amide bonds. The number of hydrogen-bond acceptors (Lipinski definition) is 3. The maximum Gasteiger partial charge on any atom is 0.194 e. The van der Waals surface area contributed by atoms with Crippen LogP contribution in [0.5, 0.6) is 0 Å². The zero-order valence-electron chi connectivity index (χ0n) is 17.7. The number of fused-ring (bicyclic) bond motifs is 1. The van der Waals surface area contributed by atoms with Crippen molar-refractivity contribution in [3.63, 3.8) is 0 Å². The highest BCUT2D eigenvalue weighted by Gasteiger charge is 2.58. The first-order valence-corrected chi connectivity index (χ1v) is 10.2. The van der Waals surface area contributed by atoms with Crippen LogP contribution in [0.25, 0.3) is 11.3 Å². The molecule has 1 saturated carbocycles. The van der Waals surface area contributed by atoms with Gasteiger partial charge in [0.15, 0.2) is 5.96 Å². The number of H-pyrrole nitrogens is 1. The largest absolute Gasteiger partial charge is 0.377 e. The SMILES string of the molecule is CN=C(NC1C2CCCOC2C1(C)C)N(C)Cc1ncc(-c2ccccc2)[nH]1.I. The molecule has 4 rings (SSSR count). The van der Waals surface area contributed by atoms with E-state index >= 15 is 0 Å². The van der Waals surface area contributed by atoms with Crippen molar-refractivity contribution in [2.24, 2.45) is 16.3 Å². The van der Waals surface area contributed by atoms with E-state index in [1.54, 1.807) is 0 Å². The summed E-state index contributed by atoms with van der Waals surface area (Å²) >= 11 is 0. The lowest BCUT2D eigenvalue weighted by Crippen LogP contribution is -2.71. The first-order chi connectivity index (χ1) is 13.5. The van der Waals surface area contributed by atoms with Gasteiger partial charge in [-0.2, -0.15) is 0 Å². The maximum atomic E-state index is 6.03. The molecule has 2 heterocycles. The standard InChI is InChI=1S/C22H31N5O.HI/c1-22(2)19(16-11-8-12-28-20(16)22)26-21(23-3)27(4)14-18-24-13-17(25-18)15-9-6-5-7-10-15;/h5-7,9-10,13,16,19-20H,8,11-12,14H2,1-4H3,(H,23,26)(H,24,25);1H. The fourth-order valence-electron chi connectivity index (χ4n) is 4.81. The molecular formula is C22H32IN5O. The van der Waals surface area contributed by atoms with E-state index in [0.29, 0.717) is 24.6 Å². The van der Waals surface area contributed by atoms with E-state index in [9.17, 15) is 0 Å². The van der Waals surface area contributed by atoms with Gasteiger partial charge in [-0.25, -0.2) is 4.98 Å². The van der Waals surface area contributed by atoms with Gasteiger partial charge in [-0.05, 0) is 18.4 Å². The minimum atomic E-state index is 0. The molecule has 1 aromatic carbocycles. The Morgan fingerprint density at radius 2 is 2.10 bits per heavy atom. The van der Waals surface area contributed by atoms with E-state index in [4.69, 9.17) is 4.74 Å². The number of hydrogen-bond donors (Lipinski definition) is 2. The third-order valence-electron chi connectivity index (χ3n) is 6.29. The van der Waals surface area contributed by atoms with Crippen molar-refractivity contribution < 1.29 is 4.74 Å². The fraction of sp³-hybridized carbons (Fsp3) is 0.545. The summed E-state index contributed by atoms with van der Waals surface area (Å²) in [5, 5.41) is 3.71. The van der Waals surface area contributed by atoms with Crippen LogP contribution in [0.15, 0.2) is 41.5 Å². The molecule has 29 heavy (non-hydrogen) atoms. The predicted molar refractivity (Wildman–Crippen MR) is 127 cm³/mol. The smallest absolute Gasteiger partial charge is 0.194 e. The normalized spacial score (nSPS) is 25.4. The van der Waals surface area contributed by atoms with Gasteiger partial charge < -0.3 is 19.9 Å². The Morgan fingerprint density at radius 3 is 2.83 bits per heavy atom. The van der Waals surface area contributed by atoms with E-state index in [1.165, 1.54) is 6.42 Å². The molecule has 2 fully saturated rings. The van der Waals surface area contributed by atoms with Crippen LogP contribution in [-0.4, -0.2) is 53.7 Å². The monoisotopic (exact) mass is 509 g/mol. The van der Waals surface area contributed by atoms with Crippen molar-refractivity contribution in [2.75, 3.05) is 20.7 Å². The minimum absolute atomic E-state index is 0. The molecule has 2 aliphatic rings. The van der Waals surface area contributed by atoms with Crippen LogP contribution in [0, 0.1) is 11.3 Å². The molecule has 2 aromatic rings. The fourth-order valence-corrected chi connectivity index (χ4v) is 4.81. The van der Waals surface area contributed by atoms with Crippen LogP contribution in [-0.2, 0) is 11.3 Å². The molecule has 6 nitrogen and oxygen atoms in total. The average molecular weight is 509 g/mol. The molecule has 158 valence electrons. The first kappa shape index (κ1) is 22.1. The molecule has 1 saturated heterocycles. The zero-order valence-corrected chi connectivity index (χ0v) is 20.0. The highest BCUT2D eigenvalue weighted by Crippen LogP contribution is 2.51. The number of rotatable bonds is 4. The van der Waals surface area contributed by atoms with E-state index in [-0.39, 0.29) is 29.4 Å². The molecule has 0 bridgehead atoms. The number of aromatic nitrogens is 2. The Balaban J connectivity index is 0.00000240. The Morgan fingerprint density at radius 1 is 1.34 bits per heavy atom. The number of halogens is 1. The summed E-state index contributed by atoms with van der Waals surface area (Å²) in [5.41, 5.74) is 2.30. The second-order valence-electron chi connectivity index (χ2n) is 8.55. The van der Waals surface area contributed by atoms with E-state index in [0.717, 1.165) is 36.1 Å². The minimum Gasteiger partial charge on any atom is -0.377 e. The summed E-state index contributed by atoms with van der Waals surface area (Å²) in [6.07, 6.45) is 4.64. The van der Waals surface area contributed by atoms with Crippen molar-refractivity contribution in [2.45, 2.75) is 45.4 Å². The van der Waals surface area contributed by atoms with Crippen LogP contribution in [0.1, 0.15) is 32.5 Å². The van der Waals surface area contributed by atoms with E-state index in [1.807, 2.05) is 31.4 Å². The van der Waals surface area contributed by atoms with Crippen molar-refractivity contribution in [3.8, 4) is 11.3 Å². The highest BCUT2D eigenvalue weighted by atomic mass is 127. The number of aromatic amines is 1. The van der Waals surface area contributed by atoms with Crippen molar-refractivity contribution >= 4 is 29.9 Å². The van der Waals surface area contributed by atoms with Crippen molar-refractivity contribution in [1.82, 2.24) is 20.2 Å². The molecule has 0 spiro atoms. The molecule has 3 unspecified atom stereocenters. The third-order valence-corrected chi connectivity index (χ3v) is 6.29. The third kappa shape index (κ3) is 4.30. The summed E-state index contributed by atoms with van der Waals surface area (Å²) in [5.74, 6) is 2.40. The summed E-state index contributed by atoms with van der Waals surface area (Å²) < 4.78 is 6.03. The van der Waals surface area contributed by atoms with E-state index in [2.05, 4.69) is 58.2 Å². The Kier molecular flexibility index (Phi) is 6.88. The quantitative estimate of drug-likeness (QED) is 0.373. The Labute approximate surface area is 190 Å². The molecule has 7 heteroatoms. The van der Waals surface area contributed by atoms with Crippen molar-refractivity contribution in [1.29, 1.82) is 0 Å². The molecular weight excluding hydrogens is 477 g/mol. The number of guanidine groups is 1. The van der Waals surface area contributed by atoms with Gasteiger partial charge in [0.25, 0.3) is 0 Å². The number of nitrogens with one attached hydrogen (secondary N) is 2. The molecule has 1 aliphatic carbocycles. The number of aliphatic imine (C=N–C) groups is 1. The van der Waals surface area contributed by atoms with Gasteiger partial charge in [0.05, 0.1) is 24.5 Å². The maximum absolute atomic E-state index is 6.03. The van der Waals surface area contributed by atoms with Gasteiger partial charge in [-0.15, -0.1) is 24.0 Å². The van der Waals surface area contributed by atoms with Crippen LogP contribution >= 0.6 is 24.0 Å². The second kappa shape index (κ2) is 9.04. The molecule has 1 aliphatic heterocycles. The molecule has 0 radical (unpaired) electrons. The lowest BCUT2D eigenvalue weighted by atomic mass is 9.55. The van der Waals surface area contributed by atoms with Gasteiger partial charge >= 0.3 is 0 Å². The van der Waals surface area contributed by atoms with Crippen LogP contribution in [0.2, 0.25) is 0 Å². The summed E-state index contributed by atoms with van der Waals surface area (Å²) in [7, 11) is 3.90. The van der Waals surface area contributed by atoms with Crippen LogP contribution < -0.4 is 5.32 Å². The van der Waals surface area contributed by atoms with Gasteiger partial charge in [-0.3, -0.25) is 4.99 Å². The zero-order chi connectivity index (χ0) is 19.7. The number of nitrogens with zero attached hydrogens (tertiary/aromatic N) is 3. The van der Waals surface area contributed by atoms with E-state index < -0.39 is 0 Å². The lowest BCUT2D eigenvalue weighted by Gasteiger charge is -2.60. The second-order valence-corrected chi connectivity index (χ2v) is 8.55. The van der Waals surface area contributed by atoms with Gasteiger partial charge in [-0.1, -0.05) is 44.2 Å². The number of benzene rings is 1. The number of imidazole rings is 1. The summed E-state index contributed by atoms with van der Waals surface area (Å²) in [4.78, 5) is 14.6. The first-order valence-electron chi connectivity index (χ1n) is 10.2. The van der Waals surface area contributed by atoms with Crippen LogP contribution in [0.3, 0.4) is 0 Å². The predicted octanol–water partition coefficient (Wildman–Crippen LogP) is 3.91. The Hall–Kier alpha value is -1.61. The average Bonchev–Trinajstić information content (AvgIpc) is 3.17. The number of ether oxygens (including phenoxy) is 1. The van der Waals surface area contributed by atoms with Gasteiger partial charge in [0.2, 0.25) is 0 Å². The topological polar surface area (TPSA) is 65.5 Å². The highest BCUT2D eigenvalue weighted by molar-refractivity contribution is 14.0. The van der Waals surface area contributed by atoms with Crippen molar-refractivity contribution in [3.05, 3.63) is 42.4 Å². The molecule has 3 atom stereocenters. The Bertz CT molecular complexity index is 835. The van der Waals surface area contributed by atoms with Crippen LogP contribution in [0.4, 0.5) is 0 Å².